The summed E-state index contributed by atoms with van der Waals surface area (Å²) in [5.41, 5.74) is 0. The third-order valence-corrected chi connectivity index (χ3v) is 3.64. The first kappa shape index (κ1) is 8.65. The monoisotopic (exact) mass is 213 g/mol. The normalized spacial score (nSPS) is 12.1. The predicted octanol–water partition coefficient (Wildman–Crippen LogP) is 1.70. The van der Waals surface area contributed by atoms with Crippen molar-refractivity contribution >= 4 is 31.5 Å². The largest absolute Gasteiger partial charge is 0.224 e. The molecule has 2 aromatic rings. The second kappa shape index (κ2) is 2.78. The van der Waals surface area contributed by atoms with E-state index < -0.39 is 9.84 Å². The highest BCUT2D eigenvalue weighted by molar-refractivity contribution is 7.90. The summed E-state index contributed by atoms with van der Waals surface area (Å²) < 4.78 is 27.3. The minimum absolute atomic E-state index is 0.347. The third-order valence-electron chi connectivity index (χ3n) is 1.75. The van der Waals surface area contributed by atoms with Crippen LogP contribution < -0.4 is 0 Å². The van der Waals surface area contributed by atoms with E-state index in [0.717, 1.165) is 10.1 Å². The molecule has 1 aromatic heterocycles. The van der Waals surface area contributed by atoms with E-state index in [2.05, 4.69) is 4.37 Å². The van der Waals surface area contributed by atoms with E-state index in [1.807, 2.05) is 0 Å². The van der Waals surface area contributed by atoms with Crippen molar-refractivity contribution in [2.24, 2.45) is 0 Å². The highest BCUT2D eigenvalue weighted by Gasteiger charge is 2.07. The third kappa shape index (κ3) is 1.57. The van der Waals surface area contributed by atoms with E-state index in [9.17, 15) is 8.42 Å². The summed E-state index contributed by atoms with van der Waals surface area (Å²) in [4.78, 5) is 0.347. The molecule has 68 valence electrons. The average molecular weight is 213 g/mol. The molecule has 0 aliphatic carbocycles. The van der Waals surface area contributed by atoms with Crippen LogP contribution in [0.15, 0.2) is 29.3 Å². The lowest BCUT2D eigenvalue weighted by molar-refractivity contribution is 0.602. The van der Waals surface area contributed by atoms with Crippen LogP contribution in [-0.4, -0.2) is 19.0 Å². The fourth-order valence-corrected chi connectivity index (χ4v) is 2.36. The van der Waals surface area contributed by atoms with Gasteiger partial charge < -0.3 is 0 Å². The first-order chi connectivity index (χ1) is 6.07. The number of fused-ring (bicyclic) bond motifs is 1. The molecule has 0 unspecified atom stereocenters. The van der Waals surface area contributed by atoms with Gasteiger partial charge in [0.05, 0.1) is 9.60 Å². The second-order valence-electron chi connectivity index (χ2n) is 2.80. The van der Waals surface area contributed by atoms with Gasteiger partial charge in [0.1, 0.15) is 0 Å². The molecule has 0 spiro atoms. The maximum Gasteiger partial charge on any atom is 0.175 e. The predicted molar refractivity (Wildman–Crippen MR) is 52.7 cm³/mol. The Labute approximate surface area is 80.1 Å². The van der Waals surface area contributed by atoms with Gasteiger partial charge in [-0.15, -0.1) is 0 Å². The van der Waals surface area contributed by atoms with E-state index in [1.54, 1.807) is 24.4 Å². The van der Waals surface area contributed by atoms with Gasteiger partial charge in [0.25, 0.3) is 0 Å². The zero-order valence-corrected chi connectivity index (χ0v) is 8.52. The van der Waals surface area contributed by atoms with Crippen molar-refractivity contribution in [1.82, 2.24) is 4.37 Å². The summed E-state index contributed by atoms with van der Waals surface area (Å²) in [6.45, 7) is 0. The molecular formula is C8H7NO2S2. The fourth-order valence-electron chi connectivity index (χ4n) is 1.08. The van der Waals surface area contributed by atoms with Crippen LogP contribution in [0, 0.1) is 0 Å². The molecule has 0 aliphatic rings. The lowest BCUT2D eigenvalue weighted by atomic mass is 10.3. The van der Waals surface area contributed by atoms with Gasteiger partial charge in [0, 0.05) is 17.8 Å². The molecule has 1 aromatic carbocycles. The Kier molecular flexibility index (Phi) is 1.85. The average Bonchev–Trinajstić information content (AvgIpc) is 2.47. The van der Waals surface area contributed by atoms with Crippen molar-refractivity contribution in [2.75, 3.05) is 6.26 Å². The van der Waals surface area contributed by atoms with E-state index in [-0.39, 0.29) is 0 Å². The molecule has 0 saturated heterocycles. The van der Waals surface area contributed by atoms with E-state index in [4.69, 9.17) is 0 Å². The van der Waals surface area contributed by atoms with Crippen LogP contribution >= 0.6 is 11.5 Å². The smallest absolute Gasteiger partial charge is 0.175 e. The highest BCUT2D eigenvalue weighted by atomic mass is 32.2. The molecule has 3 nitrogen and oxygen atoms in total. The van der Waals surface area contributed by atoms with Gasteiger partial charge in [-0.2, -0.15) is 4.37 Å². The van der Waals surface area contributed by atoms with E-state index in [0.29, 0.717) is 4.90 Å². The zero-order chi connectivity index (χ0) is 9.47. The lowest BCUT2D eigenvalue weighted by Gasteiger charge is -1.96. The maximum absolute atomic E-state index is 11.2. The van der Waals surface area contributed by atoms with E-state index >= 15 is 0 Å². The Morgan fingerprint density at radius 2 is 2.15 bits per heavy atom. The van der Waals surface area contributed by atoms with Gasteiger partial charge in [-0.1, -0.05) is 0 Å². The Hall–Kier alpha value is -0.940. The van der Waals surface area contributed by atoms with Crippen LogP contribution in [0.4, 0.5) is 0 Å². The van der Waals surface area contributed by atoms with Crippen LogP contribution in [0.2, 0.25) is 0 Å². The topological polar surface area (TPSA) is 47.0 Å². The van der Waals surface area contributed by atoms with Crippen molar-refractivity contribution in [3.63, 3.8) is 0 Å². The van der Waals surface area contributed by atoms with Gasteiger partial charge in [0.2, 0.25) is 0 Å². The van der Waals surface area contributed by atoms with Crippen molar-refractivity contribution in [3.05, 3.63) is 24.4 Å². The fraction of sp³-hybridized carbons (Fsp3) is 0.125. The summed E-state index contributed by atoms with van der Waals surface area (Å²) in [6.07, 6.45) is 2.88. The van der Waals surface area contributed by atoms with Gasteiger partial charge >= 0.3 is 0 Å². The Balaban J connectivity index is 2.75. The SMILES string of the molecule is CS(=O)(=O)c1ccc2sncc2c1. The zero-order valence-electron chi connectivity index (χ0n) is 6.89. The summed E-state index contributed by atoms with van der Waals surface area (Å²) in [5.74, 6) is 0. The Morgan fingerprint density at radius 1 is 1.38 bits per heavy atom. The van der Waals surface area contributed by atoms with Crippen molar-refractivity contribution in [2.45, 2.75) is 4.90 Å². The molecule has 0 radical (unpaired) electrons. The summed E-state index contributed by atoms with van der Waals surface area (Å²) in [6, 6.07) is 5.04. The number of hydrogen-bond acceptors (Lipinski definition) is 4. The number of rotatable bonds is 1. The first-order valence-electron chi connectivity index (χ1n) is 3.62. The van der Waals surface area contributed by atoms with Crippen molar-refractivity contribution < 1.29 is 8.42 Å². The lowest BCUT2D eigenvalue weighted by Crippen LogP contribution is -1.95. The molecule has 0 aliphatic heterocycles. The number of aromatic nitrogens is 1. The Bertz CT molecular complexity index is 542. The van der Waals surface area contributed by atoms with Crippen LogP contribution in [0.5, 0.6) is 0 Å². The number of hydrogen-bond donors (Lipinski definition) is 0. The van der Waals surface area contributed by atoms with Gasteiger partial charge in [-0.05, 0) is 29.7 Å². The Morgan fingerprint density at radius 3 is 2.85 bits per heavy atom. The first-order valence-corrected chi connectivity index (χ1v) is 6.28. The van der Waals surface area contributed by atoms with Crippen LogP contribution in [-0.2, 0) is 9.84 Å². The highest BCUT2D eigenvalue weighted by Crippen LogP contribution is 2.21. The maximum atomic E-state index is 11.2. The van der Waals surface area contributed by atoms with Gasteiger partial charge in [-0.25, -0.2) is 8.42 Å². The standard InChI is InChI=1S/C8H7NO2S2/c1-13(10,11)7-2-3-8-6(4-7)5-9-12-8/h2-5H,1H3. The second-order valence-corrected chi connectivity index (χ2v) is 5.65. The molecule has 0 fully saturated rings. The number of sulfone groups is 1. The summed E-state index contributed by atoms with van der Waals surface area (Å²) >= 11 is 1.36. The molecule has 0 N–H and O–H groups in total. The molecule has 0 bridgehead atoms. The van der Waals surface area contributed by atoms with Crippen LogP contribution in [0.25, 0.3) is 10.1 Å². The molecule has 0 saturated carbocycles. The molecule has 0 amide bonds. The van der Waals surface area contributed by atoms with Crippen LogP contribution in [0.1, 0.15) is 0 Å². The molecule has 1 heterocycles. The minimum Gasteiger partial charge on any atom is -0.224 e. The van der Waals surface area contributed by atoms with Gasteiger partial charge in [-0.3, -0.25) is 0 Å². The number of benzene rings is 1. The summed E-state index contributed by atoms with van der Waals surface area (Å²) in [5, 5.41) is 0.882. The molecule has 13 heavy (non-hydrogen) atoms. The summed E-state index contributed by atoms with van der Waals surface area (Å²) in [7, 11) is -3.10. The molecular weight excluding hydrogens is 206 g/mol. The van der Waals surface area contributed by atoms with Crippen LogP contribution in [0.3, 0.4) is 0 Å². The van der Waals surface area contributed by atoms with Crippen molar-refractivity contribution in [1.29, 1.82) is 0 Å². The number of nitrogens with zero attached hydrogens (tertiary/aromatic N) is 1. The molecule has 2 rings (SSSR count). The van der Waals surface area contributed by atoms with E-state index in [1.165, 1.54) is 17.8 Å². The van der Waals surface area contributed by atoms with Gasteiger partial charge in [0.15, 0.2) is 9.84 Å². The minimum atomic E-state index is -3.10. The molecule has 0 atom stereocenters. The molecule has 5 heteroatoms. The quantitative estimate of drug-likeness (QED) is 0.724. The van der Waals surface area contributed by atoms with Crippen molar-refractivity contribution in [3.8, 4) is 0 Å².